The summed E-state index contributed by atoms with van der Waals surface area (Å²) in [5.41, 5.74) is 3.37. The summed E-state index contributed by atoms with van der Waals surface area (Å²) >= 11 is 0. The van der Waals surface area contributed by atoms with Gasteiger partial charge >= 0.3 is 5.97 Å². The standard InChI is InChI=1S/C14H13NO2/c1-10-5-6-12(9-15-10)7-11-3-2-4-13(8-11)14(16)17/h2-6,8-9H,7H2,1H3,(H,16,17). The van der Waals surface area contributed by atoms with E-state index in [1.165, 1.54) is 0 Å². The minimum Gasteiger partial charge on any atom is -0.478 e. The number of benzene rings is 1. The number of aromatic carboxylic acids is 1. The van der Waals surface area contributed by atoms with Crippen LogP contribution < -0.4 is 0 Å². The van der Waals surface area contributed by atoms with E-state index in [0.717, 1.165) is 16.8 Å². The van der Waals surface area contributed by atoms with E-state index in [1.54, 1.807) is 18.2 Å². The summed E-state index contributed by atoms with van der Waals surface area (Å²) in [7, 11) is 0. The average molecular weight is 227 g/mol. The fourth-order valence-electron chi connectivity index (χ4n) is 1.65. The van der Waals surface area contributed by atoms with Crippen molar-refractivity contribution in [3.8, 4) is 0 Å². The van der Waals surface area contributed by atoms with Crippen LogP contribution in [0.1, 0.15) is 27.2 Å². The minimum atomic E-state index is -0.895. The molecule has 2 aromatic rings. The lowest BCUT2D eigenvalue weighted by Gasteiger charge is -2.03. The number of carbonyl (C=O) groups is 1. The van der Waals surface area contributed by atoms with Crippen molar-refractivity contribution in [2.24, 2.45) is 0 Å². The van der Waals surface area contributed by atoms with Crippen molar-refractivity contribution in [2.45, 2.75) is 13.3 Å². The van der Waals surface area contributed by atoms with Crippen molar-refractivity contribution < 1.29 is 9.90 Å². The van der Waals surface area contributed by atoms with E-state index in [2.05, 4.69) is 4.98 Å². The summed E-state index contributed by atoms with van der Waals surface area (Å²) in [5, 5.41) is 8.90. The van der Waals surface area contributed by atoms with Gasteiger partial charge in [-0.05, 0) is 42.7 Å². The first-order chi connectivity index (χ1) is 8.15. The van der Waals surface area contributed by atoms with Crippen LogP contribution in [0.4, 0.5) is 0 Å². The Balaban J connectivity index is 2.21. The highest BCUT2D eigenvalue weighted by Crippen LogP contribution is 2.11. The molecule has 0 spiro atoms. The third-order valence-electron chi connectivity index (χ3n) is 2.55. The number of aromatic nitrogens is 1. The van der Waals surface area contributed by atoms with E-state index in [1.807, 2.05) is 31.3 Å². The van der Waals surface area contributed by atoms with Crippen LogP contribution in [-0.2, 0) is 6.42 Å². The molecule has 1 heterocycles. The van der Waals surface area contributed by atoms with Crippen molar-refractivity contribution in [3.63, 3.8) is 0 Å². The fourth-order valence-corrected chi connectivity index (χ4v) is 1.65. The molecule has 0 saturated heterocycles. The van der Waals surface area contributed by atoms with Gasteiger partial charge in [0.25, 0.3) is 0 Å². The molecule has 0 amide bonds. The minimum absolute atomic E-state index is 0.322. The number of pyridine rings is 1. The van der Waals surface area contributed by atoms with Gasteiger partial charge in [-0.15, -0.1) is 0 Å². The van der Waals surface area contributed by atoms with Crippen LogP contribution >= 0.6 is 0 Å². The summed E-state index contributed by atoms with van der Waals surface area (Å²) in [4.78, 5) is 15.1. The quantitative estimate of drug-likeness (QED) is 0.877. The first-order valence-corrected chi connectivity index (χ1v) is 5.39. The van der Waals surface area contributed by atoms with Crippen LogP contribution in [0.25, 0.3) is 0 Å². The topological polar surface area (TPSA) is 50.2 Å². The lowest BCUT2D eigenvalue weighted by Crippen LogP contribution is -1.98. The van der Waals surface area contributed by atoms with Gasteiger partial charge in [0, 0.05) is 11.9 Å². The molecule has 0 saturated carbocycles. The molecule has 1 N–H and O–H groups in total. The van der Waals surface area contributed by atoms with Gasteiger partial charge < -0.3 is 5.11 Å². The molecule has 3 nitrogen and oxygen atoms in total. The maximum absolute atomic E-state index is 10.8. The van der Waals surface area contributed by atoms with Crippen LogP contribution in [0.5, 0.6) is 0 Å². The molecule has 0 bridgehead atoms. The van der Waals surface area contributed by atoms with Crippen LogP contribution in [0.3, 0.4) is 0 Å². The lowest BCUT2D eigenvalue weighted by atomic mass is 10.0. The number of carboxylic acid groups (broad SMARTS) is 1. The van der Waals surface area contributed by atoms with E-state index in [9.17, 15) is 4.79 Å². The SMILES string of the molecule is Cc1ccc(Cc2cccc(C(=O)O)c2)cn1. The number of aryl methyl sites for hydroxylation is 1. The molecule has 1 aromatic carbocycles. The van der Waals surface area contributed by atoms with Gasteiger partial charge in [0.15, 0.2) is 0 Å². The van der Waals surface area contributed by atoms with Gasteiger partial charge in [-0.3, -0.25) is 4.98 Å². The molecular formula is C14H13NO2. The van der Waals surface area contributed by atoms with Crippen molar-refractivity contribution in [1.82, 2.24) is 4.98 Å². The van der Waals surface area contributed by atoms with Crippen molar-refractivity contribution in [2.75, 3.05) is 0 Å². The van der Waals surface area contributed by atoms with Gasteiger partial charge in [0.1, 0.15) is 0 Å². The molecule has 0 radical (unpaired) electrons. The van der Waals surface area contributed by atoms with E-state index in [0.29, 0.717) is 12.0 Å². The van der Waals surface area contributed by atoms with Crippen LogP contribution in [-0.4, -0.2) is 16.1 Å². The Bertz CT molecular complexity index is 532. The number of hydrogen-bond acceptors (Lipinski definition) is 2. The summed E-state index contributed by atoms with van der Waals surface area (Å²) in [5.74, 6) is -0.895. The second-order valence-electron chi connectivity index (χ2n) is 3.99. The predicted molar refractivity (Wildman–Crippen MR) is 65.2 cm³/mol. The third-order valence-corrected chi connectivity index (χ3v) is 2.55. The summed E-state index contributed by atoms with van der Waals surface area (Å²) < 4.78 is 0. The van der Waals surface area contributed by atoms with Gasteiger partial charge in [0.2, 0.25) is 0 Å². The normalized spacial score (nSPS) is 10.2. The highest BCUT2D eigenvalue weighted by molar-refractivity contribution is 5.87. The molecule has 0 aliphatic rings. The molecule has 17 heavy (non-hydrogen) atoms. The Hall–Kier alpha value is -2.16. The number of rotatable bonds is 3. The summed E-state index contributed by atoms with van der Waals surface area (Å²) in [6, 6.07) is 10.9. The summed E-state index contributed by atoms with van der Waals surface area (Å²) in [6.07, 6.45) is 2.52. The van der Waals surface area contributed by atoms with Crippen molar-refractivity contribution >= 4 is 5.97 Å². The highest BCUT2D eigenvalue weighted by atomic mass is 16.4. The zero-order chi connectivity index (χ0) is 12.3. The molecular weight excluding hydrogens is 214 g/mol. The Morgan fingerprint density at radius 3 is 2.71 bits per heavy atom. The Morgan fingerprint density at radius 1 is 1.24 bits per heavy atom. The molecule has 1 aromatic heterocycles. The molecule has 86 valence electrons. The predicted octanol–water partition coefficient (Wildman–Crippen LogP) is 2.68. The van der Waals surface area contributed by atoms with E-state index in [-0.39, 0.29) is 0 Å². The molecule has 0 atom stereocenters. The Kier molecular flexibility index (Phi) is 3.19. The Labute approximate surface area is 99.8 Å². The van der Waals surface area contributed by atoms with Crippen molar-refractivity contribution in [1.29, 1.82) is 0 Å². The zero-order valence-corrected chi connectivity index (χ0v) is 9.55. The first kappa shape index (κ1) is 11.3. The summed E-state index contributed by atoms with van der Waals surface area (Å²) in [6.45, 7) is 1.94. The van der Waals surface area contributed by atoms with Crippen LogP contribution in [0.15, 0.2) is 42.6 Å². The monoisotopic (exact) mass is 227 g/mol. The van der Waals surface area contributed by atoms with E-state index in [4.69, 9.17) is 5.11 Å². The molecule has 0 fully saturated rings. The molecule has 2 rings (SSSR count). The van der Waals surface area contributed by atoms with E-state index < -0.39 is 5.97 Å². The first-order valence-electron chi connectivity index (χ1n) is 5.39. The number of nitrogens with zero attached hydrogens (tertiary/aromatic N) is 1. The lowest BCUT2D eigenvalue weighted by molar-refractivity contribution is 0.0697. The molecule has 0 unspecified atom stereocenters. The van der Waals surface area contributed by atoms with Gasteiger partial charge in [-0.2, -0.15) is 0 Å². The average Bonchev–Trinajstić information content (AvgIpc) is 2.32. The number of hydrogen-bond donors (Lipinski definition) is 1. The second kappa shape index (κ2) is 4.78. The maximum Gasteiger partial charge on any atom is 0.335 e. The fraction of sp³-hybridized carbons (Fsp3) is 0.143. The van der Waals surface area contributed by atoms with Crippen molar-refractivity contribution in [3.05, 3.63) is 65.0 Å². The largest absolute Gasteiger partial charge is 0.478 e. The number of carboxylic acids is 1. The van der Waals surface area contributed by atoms with Gasteiger partial charge in [-0.25, -0.2) is 4.79 Å². The maximum atomic E-state index is 10.8. The zero-order valence-electron chi connectivity index (χ0n) is 9.55. The van der Waals surface area contributed by atoms with Crippen LogP contribution in [0, 0.1) is 6.92 Å². The molecule has 3 heteroatoms. The van der Waals surface area contributed by atoms with Gasteiger partial charge in [-0.1, -0.05) is 18.2 Å². The molecule has 0 aliphatic heterocycles. The highest BCUT2D eigenvalue weighted by Gasteiger charge is 2.03. The second-order valence-corrected chi connectivity index (χ2v) is 3.99. The van der Waals surface area contributed by atoms with E-state index >= 15 is 0 Å². The molecule has 0 aliphatic carbocycles. The van der Waals surface area contributed by atoms with Crippen LogP contribution in [0.2, 0.25) is 0 Å². The third kappa shape index (κ3) is 2.91. The Morgan fingerprint density at radius 2 is 2.06 bits per heavy atom. The van der Waals surface area contributed by atoms with Gasteiger partial charge in [0.05, 0.1) is 5.56 Å². The smallest absolute Gasteiger partial charge is 0.335 e.